The van der Waals surface area contributed by atoms with E-state index in [2.05, 4.69) is 0 Å². The molecule has 1 aliphatic carbocycles. The van der Waals surface area contributed by atoms with Crippen LogP contribution >= 0.6 is 0 Å². The zero-order valence-corrected chi connectivity index (χ0v) is 10.7. The summed E-state index contributed by atoms with van der Waals surface area (Å²) in [4.78, 5) is 25.5. The summed E-state index contributed by atoms with van der Waals surface area (Å²) in [5.74, 6) is -0.502. The number of fused-ring (bicyclic) bond motifs is 1. The van der Waals surface area contributed by atoms with E-state index in [1.165, 1.54) is 6.92 Å². The molecule has 0 aliphatic heterocycles. The van der Waals surface area contributed by atoms with Gasteiger partial charge in [0.2, 0.25) is 0 Å². The van der Waals surface area contributed by atoms with Gasteiger partial charge in [0.05, 0.1) is 5.92 Å². The van der Waals surface area contributed by atoms with E-state index >= 15 is 0 Å². The maximum atomic E-state index is 12.0. The van der Waals surface area contributed by atoms with Crippen molar-refractivity contribution >= 4 is 17.3 Å². The Morgan fingerprint density at radius 1 is 1.35 bits per heavy atom. The van der Waals surface area contributed by atoms with E-state index < -0.39 is 5.92 Å². The molecule has 0 saturated heterocycles. The molecule has 0 bridgehead atoms. The first kappa shape index (κ1) is 11.8. The van der Waals surface area contributed by atoms with Gasteiger partial charge in [0, 0.05) is 25.3 Å². The molecule has 1 aliphatic rings. The van der Waals surface area contributed by atoms with Crippen LogP contribution in [0.2, 0.25) is 0 Å². The minimum Gasteiger partial charge on any atom is -0.377 e. The molecular formula is C14H17NO2. The Labute approximate surface area is 101 Å². The second kappa shape index (κ2) is 3.99. The van der Waals surface area contributed by atoms with Crippen LogP contribution < -0.4 is 4.90 Å². The molecule has 1 atom stereocenters. The van der Waals surface area contributed by atoms with Gasteiger partial charge in [-0.05, 0) is 43.5 Å². The van der Waals surface area contributed by atoms with Gasteiger partial charge in [-0.25, -0.2) is 0 Å². The third-order valence-corrected chi connectivity index (χ3v) is 3.40. The van der Waals surface area contributed by atoms with Crippen molar-refractivity contribution in [2.24, 2.45) is 5.92 Å². The summed E-state index contributed by atoms with van der Waals surface area (Å²) in [6.45, 7) is 3.48. The molecule has 0 spiro atoms. The fourth-order valence-corrected chi connectivity index (χ4v) is 2.45. The maximum Gasteiger partial charge on any atom is 0.173 e. The summed E-state index contributed by atoms with van der Waals surface area (Å²) in [5, 5.41) is 0. The Balaban J connectivity index is 2.49. The first-order valence-electron chi connectivity index (χ1n) is 5.77. The summed E-state index contributed by atoms with van der Waals surface area (Å²) in [6, 6.07) is 3.95. The summed E-state index contributed by atoms with van der Waals surface area (Å²) in [7, 11) is 3.96. The SMILES string of the molecule is CC(=O)C1Cc2cc(N(C)C)c(C)cc2C1=O. The normalized spacial score (nSPS) is 18.1. The maximum absolute atomic E-state index is 12.0. The van der Waals surface area contributed by atoms with Gasteiger partial charge in [0.25, 0.3) is 0 Å². The average Bonchev–Trinajstić information content (AvgIpc) is 2.55. The van der Waals surface area contributed by atoms with Crippen LogP contribution in [0.25, 0.3) is 0 Å². The molecule has 0 saturated carbocycles. The lowest BCUT2D eigenvalue weighted by Crippen LogP contribution is -2.17. The molecule has 0 radical (unpaired) electrons. The molecule has 1 aromatic rings. The number of ketones is 2. The van der Waals surface area contributed by atoms with Gasteiger partial charge in [-0.15, -0.1) is 0 Å². The van der Waals surface area contributed by atoms with Crippen LogP contribution in [0.1, 0.15) is 28.4 Å². The lowest BCUT2D eigenvalue weighted by atomic mass is 10.0. The molecule has 2 rings (SSSR count). The average molecular weight is 231 g/mol. The predicted octanol–water partition coefficient (Wildman–Crippen LogP) is 2.01. The quantitative estimate of drug-likeness (QED) is 0.731. The number of hydrogen-bond acceptors (Lipinski definition) is 3. The van der Waals surface area contributed by atoms with Crippen LogP contribution in [0.4, 0.5) is 5.69 Å². The molecule has 0 amide bonds. The monoisotopic (exact) mass is 231 g/mol. The van der Waals surface area contributed by atoms with E-state index in [0.29, 0.717) is 6.42 Å². The first-order valence-corrected chi connectivity index (χ1v) is 5.77. The zero-order valence-electron chi connectivity index (χ0n) is 10.7. The van der Waals surface area contributed by atoms with E-state index in [1.807, 2.05) is 38.1 Å². The van der Waals surface area contributed by atoms with Gasteiger partial charge >= 0.3 is 0 Å². The lowest BCUT2D eigenvalue weighted by molar-refractivity contribution is -0.119. The molecule has 3 nitrogen and oxygen atoms in total. The van der Waals surface area contributed by atoms with E-state index in [-0.39, 0.29) is 11.6 Å². The van der Waals surface area contributed by atoms with Crippen molar-refractivity contribution in [2.75, 3.05) is 19.0 Å². The Hall–Kier alpha value is -1.64. The van der Waals surface area contributed by atoms with E-state index in [1.54, 1.807) is 0 Å². The fourth-order valence-electron chi connectivity index (χ4n) is 2.45. The summed E-state index contributed by atoms with van der Waals surface area (Å²) in [5.41, 5.74) is 3.92. The van der Waals surface area contributed by atoms with Crippen LogP contribution in [-0.4, -0.2) is 25.7 Å². The highest BCUT2D eigenvalue weighted by Crippen LogP contribution is 2.32. The Bertz CT molecular complexity index is 503. The summed E-state index contributed by atoms with van der Waals surface area (Å²) < 4.78 is 0. The van der Waals surface area contributed by atoms with Crippen molar-refractivity contribution in [3.63, 3.8) is 0 Å². The smallest absolute Gasteiger partial charge is 0.173 e. The molecule has 0 heterocycles. The minimum absolute atomic E-state index is 0.0130. The third-order valence-electron chi connectivity index (χ3n) is 3.40. The van der Waals surface area contributed by atoms with Crippen molar-refractivity contribution in [1.82, 2.24) is 0 Å². The standard InChI is InChI=1S/C14H17NO2/c1-8-5-12-10(7-13(8)15(3)4)6-11(9(2)16)14(12)17/h5,7,11H,6H2,1-4H3. The minimum atomic E-state index is -0.457. The van der Waals surface area contributed by atoms with Crippen molar-refractivity contribution in [1.29, 1.82) is 0 Å². The van der Waals surface area contributed by atoms with Crippen molar-refractivity contribution in [3.8, 4) is 0 Å². The van der Waals surface area contributed by atoms with Crippen LogP contribution in [0, 0.1) is 12.8 Å². The van der Waals surface area contributed by atoms with E-state index in [0.717, 1.165) is 22.4 Å². The van der Waals surface area contributed by atoms with Crippen molar-refractivity contribution in [3.05, 3.63) is 28.8 Å². The number of hydrogen-bond donors (Lipinski definition) is 0. The van der Waals surface area contributed by atoms with Crippen LogP contribution in [-0.2, 0) is 11.2 Å². The highest BCUT2D eigenvalue weighted by molar-refractivity contribution is 6.13. The number of anilines is 1. The molecule has 1 unspecified atom stereocenters. The number of nitrogens with zero attached hydrogens (tertiary/aromatic N) is 1. The number of Topliss-reactive ketones (excluding diaryl/α,β-unsaturated/α-hetero) is 2. The second-order valence-corrected chi connectivity index (χ2v) is 4.92. The number of carbonyl (C=O) groups excluding carboxylic acids is 2. The Morgan fingerprint density at radius 3 is 2.53 bits per heavy atom. The molecule has 90 valence electrons. The van der Waals surface area contributed by atoms with Crippen molar-refractivity contribution < 1.29 is 9.59 Å². The first-order chi connectivity index (χ1) is 7.91. The van der Waals surface area contributed by atoms with Crippen LogP contribution in [0.15, 0.2) is 12.1 Å². The number of carbonyl (C=O) groups is 2. The fraction of sp³-hybridized carbons (Fsp3) is 0.429. The number of rotatable bonds is 2. The zero-order chi connectivity index (χ0) is 12.7. The largest absolute Gasteiger partial charge is 0.377 e. The molecule has 1 aromatic carbocycles. The molecule has 3 heteroatoms. The van der Waals surface area contributed by atoms with Gasteiger partial charge in [-0.3, -0.25) is 9.59 Å². The Morgan fingerprint density at radius 2 is 2.00 bits per heavy atom. The highest BCUT2D eigenvalue weighted by atomic mass is 16.1. The van der Waals surface area contributed by atoms with Gasteiger partial charge in [0.15, 0.2) is 5.78 Å². The molecule has 17 heavy (non-hydrogen) atoms. The topological polar surface area (TPSA) is 37.4 Å². The van der Waals surface area contributed by atoms with E-state index in [9.17, 15) is 9.59 Å². The van der Waals surface area contributed by atoms with Gasteiger partial charge in [-0.2, -0.15) is 0 Å². The van der Waals surface area contributed by atoms with Crippen LogP contribution in [0.5, 0.6) is 0 Å². The van der Waals surface area contributed by atoms with Crippen molar-refractivity contribution in [2.45, 2.75) is 20.3 Å². The molecule has 0 fully saturated rings. The third kappa shape index (κ3) is 1.86. The molecular weight excluding hydrogens is 214 g/mol. The predicted molar refractivity (Wildman–Crippen MR) is 67.7 cm³/mol. The molecule has 0 aromatic heterocycles. The van der Waals surface area contributed by atoms with Crippen LogP contribution in [0.3, 0.4) is 0 Å². The highest BCUT2D eigenvalue weighted by Gasteiger charge is 2.34. The number of aryl methyl sites for hydroxylation is 1. The summed E-state index contributed by atoms with van der Waals surface area (Å²) >= 11 is 0. The lowest BCUT2D eigenvalue weighted by Gasteiger charge is -2.16. The Kier molecular flexibility index (Phi) is 2.77. The van der Waals surface area contributed by atoms with E-state index in [4.69, 9.17) is 0 Å². The second-order valence-electron chi connectivity index (χ2n) is 4.92. The molecule has 0 N–H and O–H groups in total. The van der Waals surface area contributed by atoms with Gasteiger partial charge < -0.3 is 4.90 Å². The van der Waals surface area contributed by atoms with Gasteiger partial charge in [0.1, 0.15) is 5.78 Å². The van der Waals surface area contributed by atoms with Gasteiger partial charge in [-0.1, -0.05) is 0 Å². The summed E-state index contributed by atoms with van der Waals surface area (Å²) in [6.07, 6.45) is 0.560. The number of benzene rings is 1.